The van der Waals surface area contributed by atoms with Gasteiger partial charge in [0.25, 0.3) is 0 Å². The minimum Gasteiger partial charge on any atom is -0.147 e. The van der Waals surface area contributed by atoms with Gasteiger partial charge in [0.05, 0.1) is 0 Å². The average Bonchev–Trinajstić information content (AvgIpc) is 2.87. The lowest BCUT2D eigenvalue weighted by atomic mass is 10.2. The van der Waals surface area contributed by atoms with E-state index in [1.54, 1.807) is 0 Å². The van der Waals surface area contributed by atoms with Crippen LogP contribution in [0.1, 0.15) is 31.1 Å². The van der Waals surface area contributed by atoms with Crippen LogP contribution in [0.3, 0.4) is 0 Å². The van der Waals surface area contributed by atoms with E-state index in [2.05, 4.69) is 60.5 Å². The maximum Gasteiger partial charge on any atom is 0.0445 e. The second-order valence-electron chi connectivity index (χ2n) is 4.26. The maximum absolute atomic E-state index is 3.30. The largest absolute Gasteiger partial charge is 0.147 e. The summed E-state index contributed by atoms with van der Waals surface area (Å²) in [6.07, 6.45) is 4.35. The fourth-order valence-electron chi connectivity index (χ4n) is 1.66. The van der Waals surface area contributed by atoms with E-state index >= 15 is 0 Å². The van der Waals surface area contributed by atoms with Gasteiger partial charge in [-0.1, -0.05) is 49.2 Å². The summed E-state index contributed by atoms with van der Waals surface area (Å²) in [5.74, 6) is 6.56. The molecule has 0 nitrogen and oxygen atoms in total. The molecule has 0 saturated carbocycles. The third kappa shape index (κ3) is 4.78. The molecule has 1 heterocycles. The van der Waals surface area contributed by atoms with Gasteiger partial charge in [-0.25, -0.2) is 0 Å². The zero-order chi connectivity index (χ0) is 13.3. The summed E-state index contributed by atoms with van der Waals surface area (Å²) >= 11 is 3.64. The Balaban J connectivity index is 1.95. The summed E-state index contributed by atoms with van der Waals surface area (Å²) in [7, 11) is 0. The van der Waals surface area contributed by atoms with E-state index in [-0.39, 0.29) is 0 Å². The Hall–Kier alpha value is -1.17. The van der Waals surface area contributed by atoms with Crippen molar-refractivity contribution in [3.63, 3.8) is 0 Å². The zero-order valence-electron chi connectivity index (χ0n) is 11.2. The highest BCUT2D eigenvalue weighted by Crippen LogP contribution is 2.33. The molecule has 0 fully saturated rings. The summed E-state index contributed by atoms with van der Waals surface area (Å²) in [6, 6.07) is 12.7. The van der Waals surface area contributed by atoms with Gasteiger partial charge < -0.3 is 0 Å². The molecular formula is C17H18S2. The first-order valence-electron chi connectivity index (χ1n) is 6.65. The highest BCUT2D eigenvalue weighted by atomic mass is 32.2. The number of rotatable bonds is 5. The highest BCUT2D eigenvalue weighted by Gasteiger charge is 2.04. The van der Waals surface area contributed by atoms with Crippen LogP contribution in [0.25, 0.3) is 0 Å². The minimum absolute atomic E-state index is 0.885. The van der Waals surface area contributed by atoms with Crippen LogP contribution in [0.2, 0.25) is 0 Å². The Morgan fingerprint density at radius 1 is 1.11 bits per heavy atom. The van der Waals surface area contributed by atoms with Gasteiger partial charge >= 0.3 is 0 Å². The molecule has 0 N–H and O–H groups in total. The van der Waals surface area contributed by atoms with Crippen LogP contribution in [-0.2, 0) is 6.42 Å². The molecule has 0 radical (unpaired) electrons. The second kappa shape index (κ2) is 8.09. The Morgan fingerprint density at radius 2 is 1.95 bits per heavy atom. The molecule has 98 valence electrons. The van der Waals surface area contributed by atoms with Gasteiger partial charge in [-0.3, -0.25) is 0 Å². The van der Waals surface area contributed by atoms with Gasteiger partial charge in [-0.15, -0.1) is 17.3 Å². The van der Waals surface area contributed by atoms with Crippen molar-refractivity contribution in [2.75, 3.05) is 0 Å². The van der Waals surface area contributed by atoms with Crippen LogP contribution in [0.4, 0.5) is 0 Å². The molecule has 0 unspecified atom stereocenters. The molecule has 0 amide bonds. The number of unbranched alkanes of at least 4 members (excludes halogenated alkanes) is 2. The molecule has 0 atom stereocenters. The van der Waals surface area contributed by atoms with Crippen molar-refractivity contribution >= 4 is 23.1 Å². The zero-order valence-corrected chi connectivity index (χ0v) is 12.8. The quantitative estimate of drug-likeness (QED) is 0.506. The van der Waals surface area contributed by atoms with Crippen molar-refractivity contribution in [3.05, 3.63) is 46.7 Å². The Morgan fingerprint density at radius 3 is 2.74 bits per heavy atom. The predicted molar refractivity (Wildman–Crippen MR) is 85.9 cm³/mol. The first-order valence-corrected chi connectivity index (χ1v) is 8.34. The average molecular weight is 286 g/mol. The van der Waals surface area contributed by atoms with E-state index in [9.17, 15) is 0 Å². The molecule has 2 heteroatoms. The highest BCUT2D eigenvalue weighted by molar-refractivity contribution is 7.99. The van der Waals surface area contributed by atoms with Crippen molar-refractivity contribution in [3.8, 4) is 11.8 Å². The lowest BCUT2D eigenvalue weighted by Gasteiger charge is -2.00. The van der Waals surface area contributed by atoms with Crippen LogP contribution in [-0.4, -0.2) is 0 Å². The number of hydrogen-bond donors (Lipinski definition) is 0. The van der Waals surface area contributed by atoms with Gasteiger partial charge in [0.1, 0.15) is 0 Å². The Labute approximate surface area is 124 Å². The van der Waals surface area contributed by atoms with E-state index < -0.39 is 0 Å². The molecule has 0 saturated heterocycles. The first kappa shape index (κ1) is 14.2. The van der Waals surface area contributed by atoms with Gasteiger partial charge in [0.2, 0.25) is 0 Å². The lowest BCUT2D eigenvalue weighted by Crippen LogP contribution is -1.79. The predicted octanol–water partition coefficient (Wildman–Crippen LogP) is 5.64. The molecule has 0 bridgehead atoms. The molecule has 2 rings (SSSR count). The molecule has 1 aromatic heterocycles. The van der Waals surface area contributed by atoms with Gasteiger partial charge in [0, 0.05) is 27.5 Å². The fourth-order valence-corrected chi connectivity index (χ4v) is 3.59. The van der Waals surface area contributed by atoms with E-state index in [4.69, 9.17) is 0 Å². The van der Waals surface area contributed by atoms with Crippen LogP contribution < -0.4 is 0 Å². The number of benzene rings is 1. The first-order chi connectivity index (χ1) is 9.40. The monoisotopic (exact) mass is 286 g/mol. The molecule has 0 aliphatic heterocycles. The summed E-state index contributed by atoms with van der Waals surface area (Å²) in [5.41, 5.74) is 0. The van der Waals surface area contributed by atoms with Crippen LogP contribution in [0, 0.1) is 11.8 Å². The standard InChI is InChI=1S/C17H18S2/c1-2-3-4-5-9-12-16-17(13-14-18-16)19-15-10-7-6-8-11-15/h6-8,10-11,13-14H,2-4,12H2,1H3. The summed E-state index contributed by atoms with van der Waals surface area (Å²) < 4.78 is 0. The van der Waals surface area contributed by atoms with Crippen LogP contribution >= 0.6 is 23.1 Å². The topological polar surface area (TPSA) is 0 Å². The van der Waals surface area contributed by atoms with Crippen molar-refractivity contribution in [1.29, 1.82) is 0 Å². The molecular weight excluding hydrogens is 268 g/mol. The SMILES string of the molecule is CCCCC#CCc1sccc1Sc1ccccc1. The molecule has 0 aliphatic rings. The summed E-state index contributed by atoms with van der Waals surface area (Å²) in [4.78, 5) is 4.03. The van der Waals surface area contributed by atoms with Crippen LogP contribution in [0.15, 0.2) is 51.6 Å². The smallest absolute Gasteiger partial charge is 0.0445 e. The summed E-state index contributed by atoms with van der Waals surface area (Å²) in [6.45, 7) is 2.20. The Bertz CT molecular complexity index is 543. The molecule has 0 spiro atoms. The van der Waals surface area contributed by atoms with Crippen molar-refractivity contribution in [1.82, 2.24) is 0 Å². The van der Waals surface area contributed by atoms with Gasteiger partial charge in [0.15, 0.2) is 0 Å². The van der Waals surface area contributed by atoms with Gasteiger partial charge in [-0.2, -0.15) is 0 Å². The third-order valence-electron chi connectivity index (χ3n) is 2.70. The van der Waals surface area contributed by atoms with E-state index in [0.717, 1.165) is 12.8 Å². The van der Waals surface area contributed by atoms with Crippen molar-refractivity contribution in [2.24, 2.45) is 0 Å². The number of hydrogen-bond acceptors (Lipinski definition) is 2. The van der Waals surface area contributed by atoms with E-state index in [1.165, 1.54) is 27.5 Å². The maximum atomic E-state index is 3.30. The van der Waals surface area contributed by atoms with E-state index in [1.807, 2.05) is 23.1 Å². The van der Waals surface area contributed by atoms with Crippen LogP contribution in [0.5, 0.6) is 0 Å². The molecule has 2 aromatic rings. The number of thiophene rings is 1. The second-order valence-corrected chi connectivity index (χ2v) is 6.37. The fraction of sp³-hybridized carbons (Fsp3) is 0.294. The molecule has 1 aromatic carbocycles. The van der Waals surface area contributed by atoms with Crippen molar-refractivity contribution < 1.29 is 0 Å². The normalized spacial score (nSPS) is 9.95. The molecule has 19 heavy (non-hydrogen) atoms. The third-order valence-corrected chi connectivity index (χ3v) is 4.87. The van der Waals surface area contributed by atoms with Crippen molar-refractivity contribution in [2.45, 2.75) is 42.4 Å². The molecule has 0 aliphatic carbocycles. The minimum atomic E-state index is 0.885. The summed E-state index contributed by atoms with van der Waals surface area (Å²) in [5, 5.41) is 2.16. The van der Waals surface area contributed by atoms with Gasteiger partial charge in [-0.05, 0) is 30.0 Å². The Kier molecular flexibility index (Phi) is 6.07. The van der Waals surface area contributed by atoms with E-state index in [0.29, 0.717) is 0 Å². The lowest BCUT2D eigenvalue weighted by molar-refractivity contribution is 0.827.